The van der Waals surface area contributed by atoms with Gasteiger partial charge in [0.2, 0.25) is 0 Å². The molecule has 2 N–H and O–H groups in total. The van der Waals surface area contributed by atoms with Gasteiger partial charge in [-0.2, -0.15) is 4.57 Å². The maximum Gasteiger partial charge on any atom is 0.414 e. The van der Waals surface area contributed by atoms with Crippen LogP contribution in [0.4, 0.5) is 4.79 Å². The van der Waals surface area contributed by atoms with E-state index in [9.17, 15) is 19.2 Å². The van der Waals surface area contributed by atoms with Crippen LogP contribution in [0, 0.1) is 0 Å². The fourth-order valence-corrected chi connectivity index (χ4v) is 4.40. The van der Waals surface area contributed by atoms with Gasteiger partial charge in [0.05, 0.1) is 19.0 Å². The Labute approximate surface area is 213 Å². The van der Waals surface area contributed by atoms with Gasteiger partial charge < -0.3 is 24.8 Å². The Hall–Kier alpha value is -3.66. The molecule has 192 valence electrons. The predicted octanol–water partition coefficient (Wildman–Crippen LogP) is 2.30. The molecule has 1 aliphatic heterocycles. The monoisotopic (exact) mass is 518 g/mol. The van der Waals surface area contributed by atoms with Gasteiger partial charge in [0.25, 0.3) is 12.6 Å². The second-order valence-electron chi connectivity index (χ2n) is 8.33. The summed E-state index contributed by atoms with van der Waals surface area (Å²) in [6.45, 7) is 0.251. The molecule has 36 heavy (non-hydrogen) atoms. The average molecular weight is 519 g/mol. The van der Waals surface area contributed by atoms with Crippen molar-refractivity contribution in [3.05, 3.63) is 66.0 Å². The zero-order valence-electron chi connectivity index (χ0n) is 19.8. The van der Waals surface area contributed by atoms with Crippen LogP contribution in [0.5, 0.6) is 0 Å². The van der Waals surface area contributed by atoms with Crippen LogP contribution in [0.15, 0.2) is 54.9 Å². The lowest BCUT2D eigenvalue weighted by atomic mass is 9.85. The number of alkyl halides is 1. The van der Waals surface area contributed by atoms with Crippen LogP contribution in [-0.2, 0) is 25.8 Å². The van der Waals surface area contributed by atoms with E-state index in [0.717, 1.165) is 18.4 Å². The number of hydrogen-bond donors (Lipinski definition) is 2. The Morgan fingerprint density at radius 2 is 1.92 bits per heavy atom. The maximum atomic E-state index is 13.1. The molecule has 0 bridgehead atoms. The number of rotatable bonds is 9. The lowest BCUT2D eigenvalue weighted by molar-refractivity contribution is -0.727. The molecule has 1 aliphatic rings. The number of carboxylic acids is 1. The van der Waals surface area contributed by atoms with E-state index in [-0.39, 0.29) is 18.2 Å². The van der Waals surface area contributed by atoms with Crippen molar-refractivity contribution in [1.29, 1.82) is 0 Å². The number of ether oxygens (including phenoxy) is 2. The van der Waals surface area contributed by atoms with Gasteiger partial charge in [-0.05, 0) is 30.9 Å². The summed E-state index contributed by atoms with van der Waals surface area (Å²) in [5.74, 6) is -3.21. The normalized spacial score (nSPS) is 16.9. The van der Waals surface area contributed by atoms with E-state index in [1.807, 2.05) is 30.3 Å². The number of hydrogen-bond acceptors (Lipinski definition) is 6. The Bertz CT molecular complexity index is 1080. The second kappa shape index (κ2) is 12.9. The van der Waals surface area contributed by atoms with E-state index in [0.29, 0.717) is 13.0 Å². The highest BCUT2D eigenvalue weighted by molar-refractivity contribution is 6.20. The van der Waals surface area contributed by atoms with Crippen LogP contribution in [0.1, 0.15) is 41.1 Å². The number of methoxy groups -OCH3 is 1. The van der Waals surface area contributed by atoms with Crippen LogP contribution in [0.2, 0.25) is 0 Å². The maximum absolute atomic E-state index is 13.1. The first-order chi connectivity index (χ1) is 17.3. The van der Waals surface area contributed by atoms with Crippen molar-refractivity contribution in [3.8, 4) is 0 Å². The minimum Gasteiger partial charge on any atom is -0.480 e. The number of carbonyl (C=O) groups is 4. The quantitative estimate of drug-likeness (QED) is 0.296. The molecule has 0 aliphatic carbocycles. The van der Waals surface area contributed by atoms with E-state index >= 15 is 0 Å². The Morgan fingerprint density at radius 3 is 2.58 bits per heavy atom. The largest absolute Gasteiger partial charge is 0.480 e. The second-order valence-corrected chi connectivity index (χ2v) is 8.64. The number of pyridine rings is 1. The summed E-state index contributed by atoms with van der Waals surface area (Å²) in [6, 6.07) is 10.6. The van der Waals surface area contributed by atoms with E-state index in [1.165, 1.54) is 23.9 Å². The lowest BCUT2D eigenvalue weighted by Crippen LogP contribution is -2.50. The SMILES string of the molecule is COC(=O)C(c1ccccc1)[C@H]1CCCCN1C(=O)OC[n+]1cccc(C(=O)NC(CCl)C(=O)O)c1. The highest BCUT2D eigenvalue weighted by Gasteiger charge is 2.39. The zero-order valence-corrected chi connectivity index (χ0v) is 20.6. The van der Waals surface area contributed by atoms with Gasteiger partial charge in [0.15, 0.2) is 12.4 Å². The fourth-order valence-electron chi connectivity index (χ4n) is 4.19. The Morgan fingerprint density at radius 1 is 1.17 bits per heavy atom. The van der Waals surface area contributed by atoms with Gasteiger partial charge in [0, 0.05) is 12.6 Å². The van der Waals surface area contributed by atoms with Gasteiger partial charge in [-0.3, -0.25) is 9.59 Å². The summed E-state index contributed by atoms with van der Waals surface area (Å²) in [5.41, 5.74) is 0.939. The number of likely N-dealkylation sites (tertiary alicyclic amines) is 1. The van der Waals surface area contributed by atoms with Gasteiger partial charge in [-0.15, -0.1) is 11.6 Å². The summed E-state index contributed by atoms with van der Waals surface area (Å²) in [4.78, 5) is 50.9. The molecule has 1 aromatic heterocycles. The van der Waals surface area contributed by atoms with E-state index in [1.54, 1.807) is 17.2 Å². The van der Waals surface area contributed by atoms with Gasteiger partial charge >= 0.3 is 18.0 Å². The van der Waals surface area contributed by atoms with Crippen molar-refractivity contribution in [1.82, 2.24) is 10.2 Å². The topological polar surface area (TPSA) is 126 Å². The van der Waals surface area contributed by atoms with Crippen molar-refractivity contribution in [2.75, 3.05) is 19.5 Å². The summed E-state index contributed by atoms with van der Waals surface area (Å²) >= 11 is 5.59. The lowest BCUT2D eigenvalue weighted by Gasteiger charge is -2.38. The molecule has 2 amide bonds. The molecule has 0 radical (unpaired) electrons. The number of aromatic nitrogens is 1. The molecule has 1 aromatic carbocycles. The standard InChI is InChI=1S/C25H28ClN3O7/c1-35-24(33)21(17-8-3-2-4-9-17)20-11-5-6-13-29(20)25(34)36-16-28-12-7-10-18(15-28)22(30)27-19(14-26)23(31)32/h2-4,7-10,12,15,19-21H,5-6,11,13-14,16H2,1H3,(H-,27,30,31,32)/p+1/t19?,20-,21?/m1/s1. The first kappa shape index (κ1) is 26.9. The smallest absolute Gasteiger partial charge is 0.414 e. The number of carbonyl (C=O) groups excluding carboxylic acids is 3. The number of esters is 1. The summed E-state index contributed by atoms with van der Waals surface area (Å²) in [7, 11) is 1.33. The van der Waals surface area contributed by atoms with Crippen molar-refractivity contribution < 1.29 is 38.3 Å². The highest BCUT2D eigenvalue weighted by Crippen LogP contribution is 2.32. The number of benzene rings is 1. The van der Waals surface area contributed by atoms with Crippen molar-refractivity contribution >= 4 is 35.5 Å². The van der Waals surface area contributed by atoms with Crippen molar-refractivity contribution in [2.45, 2.75) is 44.0 Å². The van der Waals surface area contributed by atoms with Crippen molar-refractivity contribution in [2.24, 2.45) is 0 Å². The number of aliphatic carboxylic acids is 1. The Kier molecular flexibility index (Phi) is 9.63. The third-order valence-corrected chi connectivity index (χ3v) is 6.31. The summed E-state index contributed by atoms with van der Waals surface area (Å²) in [5, 5.41) is 11.4. The van der Waals surface area contributed by atoms with Crippen LogP contribution in [0.3, 0.4) is 0 Å². The number of nitrogens with zero attached hydrogens (tertiary/aromatic N) is 2. The molecule has 10 nitrogen and oxygen atoms in total. The molecule has 11 heteroatoms. The highest BCUT2D eigenvalue weighted by atomic mass is 35.5. The molecule has 0 saturated carbocycles. The number of halogens is 1. The molecule has 3 rings (SSSR count). The average Bonchev–Trinajstić information content (AvgIpc) is 2.91. The van der Waals surface area contributed by atoms with Gasteiger partial charge in [-0.1, -0.05) is 30.3 Å². The third kappa shape index (κ3) is 6.72. The number of nitrogens with one attached hydrogen (secondary N) is 1. The zero-order chi connectivity index (χ0) is 26.1. The summed E-state index contributed by atoms with van der Waals surface area (Å²) < 4.78 is 12.1. The third-order valence-electron chi connectivity index (χ3n) is 6.00. The molecule has 3 atom stereocenters. The molecular weight excluding hydrogens is 490 g/mol. The summed E-state index contributed by atoms with van der Waals surface area (Å²) in [6.07, 6.45) is 4.72. The number of amides is 2. The van der Waals surface area contributed by atoms with Crippen molar-refractivity contribution in [3.63, 3.8) is 0 Å². The van der Waals surface area contributed by atoms with Gasteiger partial charge in [0.1, 0.15) is 17.5 Å². The molecule has 2 unspecified atom stereocenters. The van der Waals surface area contributed by atoms with E-state index in [2.05, 4.69) is 5.32 Å². The first-order valence-corrected chi connectivity index (χ1v) is 12.0. The van der Waals surface area contributed by atoms with Crippen LogP contribution < -0.4 is 9.88 Å². The Balaban J connectivity index is 1.71. The molecule has 0 spiro atoms. The minimum absolute atomic E-state index is 0.176. The van der Waals surface area contributed by atoms with E-state index < -0.39 is 41.9 Å². The number of carboxylic acid groups (broad SMARTS) is 1. The molecule has 2 heterocycles. The van der Waals surface area contributed by atoms with Crippen LogP contribution in [0.25, 0.3) is 0 Å². The fraction of sp³-hybridized carbons (Fsp3) is 0.400. The molecular formula is C25H29ClN3O7+. The van der Waals surface area contributed by atoms with Crippen LogP contribution >= 0.6 is 11.6 Å². The van der Waals surface area contributed by atoms with Gasteiger partial charge in [-0.25, -0.2) is 9.59 Å². The molecule has 1 fully saturated rings. The predicted molar refractivity (Wildman–Crippen MR) is 128 cm³/mol. The molecule has 2 aromatic rings. The number of piperidine rings is 1. The first-order valence-electron chi connectivity index (χ1n) is 11.5. The van der Waals surface area contributed by atoms with E-state index in [4.69, 9.17) is 26.2 Å². The molecule has 1 saturated heterocycles. The van der Waals surface area contributed by atoms with Crippen LogP contribution in [-0.4, -0.2) is 65.6 Å². The minimum atomic E-state index is -1.24.